The van der Waals surface area contributed by atoms with E-state index in [1.54, 1.807) is 24.3 Å². The van der Waals surface area contributed by atoms with Crippen molar-refractivity contribution in [3.05, 3.63) is 63.4 Å². The van der Waals surface area contributed by atoms with Crippen molar-refractivity contribution in [2.24, 2.45) is 11.3 Å². The summed E-state index contributed by atoms with van der Waals surface area (Å²) in [6, 6.07) is 9.33. The van der Waals surface area contributed by atoms with Crippen LogP contribution in [0.3, 0.4) is 0 Å². The molecule has 0 unspecified atom stereocenters. The van der Waals surface area contributed by atoms with Gasteiger partial charge in [0, 0.05) is 22.2 Å². The topological polar surface area (TPSA) is 70.7 Å². The van der Waals surface area contributed by atoms with Crippen molar-refractivity contribution in [2.75, 3.05) is 19.0 Å². The molecule has 9 heteroatoms. The lowest BCUT2D eigenvalue weighted by Crippen LogP contribution is -2.62. The molecule has 232 valence electrons. The molecule has 0 radical (unpaired) electrons. The Morgan fingerprint density at radius 1 is 1.12 bits per heavy atom. The SMILES string of the molecule is CC(C)[C@@H]1CC[C@@H](NC(=O)[C@H]2[C@H](c3cccc(Cl)c3F)[C@]3(C(=O)Nc4cc(Cl)ccc43)C3(CCC(C)(C)CC3)N2C)CO1. The monoisotopic (exact) mass is 629 g/mol. The smallest absolute Gasteiger partial charge is 0.238 e. The Balaban J connectivity index is 1.52. The van der Waals surface area contributed by atoms with Crippen molar-refractivity contribution in [3.8, 4) is 0 Å². The van der Waals surface area contributed by atoms with Crippen LogP contribution in [-0.2, 0) is 19.7 Å². The summed E-state index contributed by atoms with van der Waals surface area (Å²) in [5.41, 5.74) is -0.276. The van der Waals surface area contributed by atoms with Crippen LogP contribution >= 0.6 is 23.2 Å². The molecular formula is C34H42Cl2FN3O3. The number of fused-ring (bicyclic) bond motifs is 3. The molecule has 2 saturated heterocycles. The van der Waals surface area contributed by atoms with Gasteiger partial charge in [0.1, 0.15) is 11.2 Å². The molecule has 0 aromatic heterocycles. The zero-order chi connectivity index (χ0) is 30.9. The Labute approximate surface area is 264 Å². The fourth-order valence-electron chi connectivity index (χ4n) is 8.65. The predicted octanol–water partition coefficient (Wildman–Crippen LogP) is 7.08. The number of nitrogens with zero attached hydrogens (tertiary/aromatic N) is 1. The van der Waals surface area contributed by atoms with E-state index in [1.807, 2.05) is 13.1 Å². The maximum atomic E-state index is 16.2. The normalized spacial score (nSPS) is 31.4. The molecule has 3 aliphatic heterocycles. The molecule has 0 bridgehead atoms. The molecule has 1 aliphatic carbocycles. The van der Waals surface area contributed by atoms with Gasteiger partial charge in [0.05, 0.1) is 29.8 Å². The molecular weight excluding hydrogens is 588 g/mol. The molecule has 6 rings (SSSR count). The molecule has 2 spiro atoms. The number of rotatable bonds is 4. The van der Waals surface area contributed by atoms with Gasteiger partial charge in [-0.15, -0.1) is 0 Å². The minimum atomic E-state index is -1.25. The summed E-state index contributed by atoms with van der Waals surface area (Å²) in [5.74, 6) is -1.48. The highest BCUT2D eigenvalue weighted by Crippen LogP contribution is 2.67. The van der Waals surface area contributed by atoms with Crippen LogP contribution in [0, 0.1) is 17.2 Å². The molecule has 6 nitrogen and oxygen atoms in total. The van der Waals surface area contributed by atoms with Gasteiger partial charge in [0.2, 0.25) is 11.8 Å². The van der Waals surface area contributed by atoms with Gasteiger partial charge in [0.25, 0.3) is 0 Å². The van der Waals surface area contributed by atoms with E-state index < -0.39 is 28.7 Å². The number of ether oxygens (including phenoxy) is 1. The third kappa shape index (κ3) is 4.72. The van der Waals surface area contributed by atoms with Crippen molar-refractivity contribution in [2.45, 2.75) is 101 Å². The number of halogens is 3. The number of carbonyl (C=O) groups is 2. The molecule has 2 amide bonds. The quantitative estimate of drug-likeness (QED) is 0.379. The predicted molar refractivity (Wildman–Crippen MR) is 168 cm³/mol. The summed E-state index contributed by atoms with van der Waals surface area (Å²) in [4.78, 5) is 31.4. The first kappa shape index (κ1) is 30.8. The fraction of sp³-hybridized carbons (Fsp3) is 0.588. The first-order valence-electron chi connectivity index (χ1n) is 15.5. The number of nitrogens with one attached hydrogen (secondary N) is 2. The summed E-state index contributed by atoms with van der Waals surface area (Å²) in [5, 5.41) is 6.85. The Morgan fingerprint density at radius 3 is 2.49 bits per heavy atom. The minimum Gasteiger partial charge on any atom is -0.376 e. The number of carbonyl (C=O) groups excluding carboxylic acids is 2. The van der Waals surface area contributed by atoms with E-state index in [0.29, 0.717) is 36.1 Å². The van der Waals surface area contributed by atoms with Crippen LogP contribution in [0.15, 0.2) is 36.4 Å². The zero-order valence-electron chi connectivity index (χ0n) is 25.6. The van der Waals surface area contributed by atoms with Gasteiger partial charge in [-0.1, -0.05) is 69.1 Å². The van der Waals surface area contributed by atoms with Gasteiger partial charge < -0.3 is 15.4 Å². The van der Waals surface area contributed by atoms with Gasteiger partial charge in [0.15, 0.2) is 0 Å². The van der Waals surface area contributed by atoms with Gasteiger partial charge in [-0.2, -0.15) is 0 Å². The molecule has 3 heterocycles. The van der Waals surface area contributed by atoms with E-state index >= 15 is 4.39 Å². The lowest BCUT2D eigenvalue weighted by Gasteiger charge is -2.53. The highest BCUT2D eigenvalue weighted by molar-refractivity contribution is 6.31. The van der Waals surface area contributed by atoms with Crippen LogP contribution in [0.2, 0.25) is 10.0 Å². The van der Waals surface area contributed by atoms with Gasteiger partial charge in [-0.3, -0.25) is 14.5 Å². The lowest BCUT2D eigenvalue weighted by atomic mass is 9.53. The number of likely N-dealkylation sites (tertiary alicyclic amines) is 1. The number of anilines is 1. The molecule has 3 fully saturated rings. The van der Waals surface area contributed by atoms with Gasteiger partial charge in [-0.25, -0.2) is 4.39 Å². The largest absolute Gasteiger partial charge is 0.376 e. The fourth-order valence-corrected chi connectivity index (χ4v) is 9.00. The molecule has 1 saturated carbocycles. The average molecular weight is 631 g/mol. The number of benzene rings is 2. The van der Waals surface area contributed by atoms with Crippen molar-refractivity contribution in [3.63, 3.8) is 0 Å². The van der Waals surface area contributed by atoms with Crippen molar-refractivity contribution in [1.82, 2.24) is 10.2 Å². The third-order valence-electron chi connectivity index (χ3n) is 11.0. The van der Waals surface area contributed by atoms with E-state index in [-0.39, 0.29) is 40.0 Å². The molecule has 2 aromatic carbocycles. The number of amides is 2. The van der Waals surface area contributed by atoms with Crippen LogP contribution in [0.25, 0.3) is 0 Å². The second-order valence-corrected chi connectivity index (χ2v) is 15.1. The second kappa shape index (κ2) is 11.0. The van der Waals surface area contributed by atoms with Crippen LogP contribution in [0.5, 0.6) is 0 Å². The van der Waals surface area contributed by atoms with Crippen molar-refractivity contribution in [1.29, 1.82) is 0 Å². The van der Waals surface area contributed by atoms with Gasteiger partial charge >= 0.3 is 0 Å². The molecule has 4 aliphatic rings. The summed E-state index contributed by atoms with van der Waals surface area (Å²) in [6.07, 6.45) is 4.90. The standard InChI is InChI=1S/C34H42Cl2FN3O3/c1-19(2)26-12-10-21(18-43-26)38-30(41)29-27(22-7-6-8-24(36)28(22)37)34(23-11-9-20(35)17-25(23)39-31(34)42)33(40(29)5)15-13-32(3,4)14-16-33/h6-9,11,17,19,21,26-27,29H,10,12-16,18H2,1-5H3,(H,38,41)(H,39,42)/t21-,26+,27+,29-,34-/m1/s1. The molecule has 2 aromatic rings. The number of hydrogen-bond acceptors (Lipinski definition) is 4. The lowest BCUT2D eigenvalue weighted by molar-refractivity contribution is -0.130. The van der Waals surface area contributed by atoms with E-state index in [1.165, 1.54) is 6.07 Å². The summed E-state index contributed by atoms with van der Waals surface area (Å²) >= 11 is 12.8. The van der Waals surface area contributed by atoms with Crippen LogP contribution in [0.4, 0.5) is 10.1 Å². The summed E-state index contributed by atoms with van der Waals surface area (Å²) in [7, 11) is 1.94. The highest BCUT2D eigenvalue weighted by atomic mass is 35.5. The van der Waals surface area contributed by atoms with Crippen LogP contribution in [0.1, 0.15) is 83.3 Å². The maximum absolute atomic E-state index is 16.2. The molecule has 5 atom stereocenters. The first-order valence-corrected chi connectivity index (χ1v) is 16.3. The average Bonchev–Trinajstić information content (AvgIpc) is 3.36. The van der Waals surface area contributed by atoms with E-state index in [2.05, 4.69) is 43.2 Å². The van der Waals surface area contributed by atoms with E-state index in [0.717, 1.165) is 31.2 Å². The maximum Gasteiger partial charge on any atom is 0.238 e. The summed E-state index contributed by atoms with van der Waals surface area (Å²) in [6.45, 7) is 9.20. The van der Waals surface area contributed by atoms with E-state index in [9.17, 15) is 9.59 Å². The minimum absolute atomic E-state index is 0.0321. The van der Waals surface area contributed by atoms with Crippen LogP contribution in [-0.4, -0.2) is 54.1 Å². The number of likely N-dealkylation sites (N-methyl/N-ethyl adjacent to an activating group) is 1. The molecule has 2 N–H and O–H groups in total. The summed E-state index contributed by atoms with van der Waals surface area (Å²) < 4.78 is 22.3. The van der Waals surface area contributed by atoms with E-state index in [4.69, 9.17) is 27.9 Å². The Bertz CT molecular complexity index is 1430. The Kier molecular flexibility index (Phi) is 7.89. The van der Waals surface area contributed by atoms with Crippen molar-refractivity contribution < 1.29 is 18.7 Å². The molecule has 43 heavy (non-hydrogen) atoms. The third-order valence-corrected chi connectivity index (χ3v) is 11.6. The zero-order valence-corrected chi connectivity index (χ0v) is 27.1. The van der Waals surface area contributed by atoms with Gasteiger partial charge in [-0.05, 0) is 86.2 Å². The van der Waals surface area contributed by atoms with Crippen molar-refractivity contribution >= 4 is 40.7 Å². The Hall–Kier alpha value is -2.19. The Morgan fingerprint density at radius 2 is 1.84 bits per heavy atom. The van der Waals surface area contributed by atoms with Crippen LogP contribution < -0.4 is 10.6 Å². The second-order valence-electron chi connectivity index (χ2n) is 14.2. The first-order chi connectivity index (χ1) is 20.3. The number of hydrogen-bond donors (Lipinski definition) is 2. The highest BCUT2D eigenvalue weighted by Gasteiger charge is 2.75.